The molecule has 6 nitrogen and oxygen atoms in total. The molecule has 1 fully saturated rings. The first-order valence-electron chi connectivity index (χ1n) is 9.14. The molecule has 1 amide bonds. The van der Waals surface area contributed by atoms with Crippen LogP contribution < -0.4 is 5.32 Å². The number of ether oxygens (including phenoxy) is 2. The smallest absolute Gasteiger partial charge is 0.338 e. The number of nitrogens with zero attached hydrogens (tertiary/aromatic N) is 1. The highest BCUT2D eigenvalue weighted by Crippen LogP contribution is 2.22. The fraction of sp³-hybridized carbons (Fsp3) is 0.333. The van der Waals surface area contributed by atoms with Crippen LogP contribution in [-0.4, -0.2) is 49.7 Å². The molecule has 0 bridgehead atoms. The van der Waals surface area contributed by atoms with Gasteiger partial charge < -0.3 is 14.8 Å². The van der Waals surface area contributed by atoms with Gasteiger partial charge in [0.1, 0.15) is 0 Å². The van der Waals surface area contributed by atoms with E-state index in [1.807, 2.05) is 19.1 Å². The molecule has 1 saturated heterocycles. The van der Waals surface area contributed by atoms with E-state index in [1.165, 1.54) is 0 Å². The number of morpholine rings is 1. The lowest BCUT2D eigenvalue weighted by Gasteiger charge is -2.26. The second-order valence-corrected chi connectivity index (χ2v) is 7.03. The van der Waals surface area contributed by atoms with Gasteiger partial charge in [0, 0.05) is 30.3 Å². The molecule has 7 heteroatoms. The van der Waals surface area contributed by atoms with Crippen molar-refractivity contribution in [2.75, 3.05) is 38.2 Å². The first kappa shape index (κ1) is 20.3. The summed E-state index contributed by atoms with van der Waals surface area (Å²) in [7, 11) is 0. The van der Waals surface area contributed by atoms with Crippen molar-refractivity contribution in [3.05, 3.63) is 64.2 Å². The topological polar surface area (TPSA) is 67.9 Å². The second kappa shape index (κ2) is 9.68. The summed E-state index contributed by atoms with van der Waals surface area (Å²) in [5, 5.41) is 3.26. The van der Waals surface area contributed by atoms with Crippen molar-refractivity contribution in [1.82, 2.24) is 4.90 Å². The maximum Gasteiger partial charge on any atom is 0.338 e. The van der Waals surface area contributed by atoms with E-state index in [-0.39, 0.29) is 6.61 Å². The summed E-state index contributed by atoms with van der Waals surface area (Å²) < 4.78 is 10.5. The third kappa shape index (κ3) is 5.55. The van der Waals surface area contributed by atoms with Crippen molar-refractivity contribution >= 4 is 29.2 Å². The summed E-state index contributed by atoms with van der Waals surface area (Å²) in [5.74, 6) is -0.946. The molecule has 2 aromatic rings. The van der Waals surface area contributed by atoms with Gasteiger partial charge in [0.25, 0.3) is 5.91 Å². The fourth-order valence-corrected chi connectivity index (χ4v) is 3.08. The predicted molar refractivity (Wildman–Crippen MR) is 108 cm³/mol. The van der Waals surface area contributed by atoms with Crippen LogP contribution in [0.1, 0.15) is 21.5 Å². The average molecular weight is 403 g/mol. The number of carbonyl (C=O) groups is 2. The van der Waals surface area contributed by atoms with E-state index >= 15 is 0 Å². The Morgan fingerprint density at radius 3 is 2.57 bits per heavy atom. The van der Waals surface area contributed by atoms with Gasteiger partial charge in [0.2, 0.25) is 0 Å². The number of benzene rings is 2. The molecule has 0 aromatic heterocycles. The van der Waals surface area contributed by atoms with Crippen LogP contribution in [0.25, 0.3) is 0 Å². The molecule has 3 rings (SSSR count). The molecule has 0 saturated carbocycles. The van der Waals surface area contributed by atoms with E-state index in [0.717, 1.165) is 44.0 Å². The van der Waals surface area contributed by atoms with E-state index in [4.69, 9.17) is 21.1 Å². The maximum absolute atomic E-state index is 12.2. The summed E-state index contributed by atoms with van der Waals surface area (Å²) in [6.07, 6.45) is 0. The minimum absolute atomic E-state index is 0.361. The Hall–Kier alpha value is -2.41. The lowest BCUT2D eigenvalue weighted by atomic mass is 10.1. The summed E-state index contributed by atoms with van der Waals surface area (Å²) >= 11 is 6.03. The van der Waals surface area contributed by atoms with Gasteiger partial charge in [-0.2, -0.15) is 0 Å². The lowest BCUT2D eigenvalue weighted by Crippen LogP contribution is -2.35. The Balaban J connectivity index is 1.48. The number of nitrogens with one attached hydrogen (secondary N) is 1. The van der Waals surface area contributed by atoms with Gasteiger partial charge in [0.15, 0.2) is 6.61 Å². The van der Waals surface area contributed by atoms with Gasteiger partial charge in [-0.25, -0.2) is 4.79 Å². The third-order valence-electron chi connectivity index (χ3n) is 4.58. The number of anilines is 1. The molecule has 0 atom stereocenters. The van der Waals surface area contributed by atoms with Crippen LogP contribution in [0, 0.1) is 6.92 Å². The molecule has 1 N–H and O–H groups in total. The van der Waals surface area contributed by atoms with Gasteiger partial charge in [-0.05, 0) is 42.3 Å². The minimum Gasteiger partial charge on any atom is -0.452 e. The summed E-state index contributed by atoms with van der Waals surface area (Å²) in [6.45, 7) is 5.58. The van der Waals surface area contributed by atoms with Crippen LogP contribution in [0.3, 0.4) is 0 Å². The SMILES string of the molecule is Cc1c(Cl)cccc1NC(=O)COC(=O)c1ccc(CN2CCOCC2)cc1. The van der Waals surface area contributed by atoms with Crippen molar-refractivity contribution in [2.45, 2.75) is 13.5 Å². The van der Waals surface area contributed by atoms with E-state index in [1.54, 1.807) is 30.3 Å². The number of halogens is 1. The highest BCUT2D eigenvalue weighted by atomic mass is 35.5. The Kier molecular flexibility index (Phi) is 7.03. The molecule has 28 heavy (non-hydrogen) atoms. The van der Waals surface area contributed by atoms with Crippen LogP contribution in [0.5, 0.6) is 0 Å². The molecule has 1 heterocycles. The third-order valence-corrected chi connectivity index (χ3v) is 4.99. The van der Waals surface area contributed by atoms with Gasteiger partial charge in [0.05, 0.1) is 18.8 Å². The van der Waals surface area contributed by atoms with Crippen LogP contribution in [0.4, 0.5) is 5.69 Å². The molecule has 148 valence electrons. The molecule has 0 aliphatic carbocycles. The molecular weight excluding hydrogens is 380 g/mol. The van der Waals surface area contributed by atoms with Crippen molar-refractivity contribution in [3.8, 4) is 0 Å². The van der Waals surface area contributed by atoms with Crippen molar-refractivity contribution in [3.63, 3.8) is 0 Å². The fourth-order valence-electron chi connectivity index (χ4n) is 2.91. The molecule has 2 aromatic carbocycles. The Labute approximate surface area is 169 Å². The van der Waals surface area contributed by atoms with Gasteiger partial charge in [-0.15, -0.1) is 0 Å². The number of rotatable bonds is 6. The first-order valence-corrected chi connectivity index (χ1v) is 9.52. The number of carbonyl (C=O) groups excluding carboxylic acids is 2. The molecule has 0 unspecified atom stereocenters. The largest absolute Gasteiger partial charge is 0.452 e. The monoisotopic (exact) mass is 402 g/mol. The van der Waals surface area contributed by atoms with E-state index in [9.17, 15) is 9.59 Å². The van der Waals surface area contributed by atoms with Crippen molar-refractivity contribution in [2.24, 2.45) is 0 Å². The normalized spacial score (nSPS) is 14.5. The van der Waals surface area contributed by atoms with Crippen LogP contribution in [0.2, 0.25) is 5.02 Å². The zero-order chi connectivity index (χ0) is 19.9. The van der Waals surface area contributed by atoms with E-state index < -0.39 is 11.9 Å². The molecule has 0 spiro atoms. The summed E-state index contributed by atoms with van der Waals surface area (Å²) in [4.78, 5) is 26.5. The van der Waals surface area contributed by atoms with Crippen molar-refractivity contribution < 1.29 is 19.1 Å². The van der Waals surface area contributed by atoms with Gasteiger partial charge in [-0.3, -0.25) is 9.69 Å². The Bertz CT molecular complexity index is 833. The number of esters is 1. The van der Waals surface area contributed by atoms with Crippen LogP contribution >= 0.6 is 11.6 Å². The molecular formula is C21H23ClN2O4. The summed E-state index contributed by atoms with van der Waals surface area (Å²) in [6, 6.07) is 12.5. The standard InChI is InChI=1S/C21H23ClN2O4/c1-15-18(22)3-2-4-19(15)23-20(25)14-28-21(26)17-7-5-16(6-8-17)13-24-9-11-27-12-10-24/h2-8H,9-14H2,1H3,(H,23,25). The number of hydrogen-bond donors (Lipinski definition) is 1. The molecule has 1 aliphatic heterocycles. The average Bonchev–Trinajstić information content (AvgIpc) is 2.71. The minimum atomic E-state index is -0.532. The molecule has 0 radical (unpaired) electrons. The zero-order valence-corrected chi connectivity index (χ0v) is 16.5. The number of hydrogen-bond acceptors (Lipinski definition) is 5. The highest BCUT2D eigenvalue weighted by Gasteiger charge is 2.13. The van der Waals surface area contributed by atoms with Crippen LogP contribution in [-0.2, 0) is 20.8 Å². The predicted octanol–water partition coefficient (Wildman–Crippen LogP) is 3.28. The maximum atomic E-state index is 12.2. The highest BCUT2D eigenvalue weighted by molar-refractivity contribution is 6.31. The molecule has 1 aliphatic rings. The van der Waals surface area contributed by atoms with E-state index in [0.29, 0.717) is 16.3 Å². The second-order valence-electron chi connectivity index (χ2n) is 6.62. The van der Waals surface area contributed by atoms with Crippen LogP contribution in [0.15, 0.2) is 42.5 Å². The first-order chi connectivity index (χ1) is 13.5. The Morgan fingerprint density at radius 1 is 1.14 bits per heavy atom. The Morgan fingerprint density at radius 2 is 1.86 bits per heavy atom. The van der Waals surface area contributed by atoms with Gasteiger partial charge in [-0.1, -0.05) is 29.8 Å². The number of amides is 1. The zero-order valence-electron chi connectivity index (χ0n) is 15.7. The van der Waals surface area contributed by atoms with E-state index in [2.05, 4.69) is 10.2 Å². The van der Waals surface area contributed by atoms with Crippen molar-refractivity contribution in [1.29, 1.82) is 0 Å². The lowest BCUT2D eigenvalue weighted by molar-refractivity contribution is -0.119. The summed E-state index contributed by atoms with van der Waals surface area (Å²) in [5.41, 5.74) is 2.89. The van der Waals surface area contributed by atoms with Gasteiger partial charge >= 0.3 is 5.97 Å². The quantitative estimate of drug-likeness (QED) is 0.751.